The average molecular weight is 263 g/mol. The minimum absolute atomic E-state index is 0.735. The van der Waals surface area contributed by atoms with Crippen molar-refractivity contribution in [1.29, 1.82) is 0 Å². The third-order valence-corrected chi connectivity index (χ3v) is 3.59. The predicted octanol–water partition coefficient (Wildman–Crippen LogP) is 1.97. The summed E-state index contributed by atoms with van der Waals surface area (Å²) in [4.78, 5) is 6.96. The summed E-state index contributed by atoms with van der Waals surface area (Å²) in [6.45, 7) is 10.2. The summed E-state index contributed by atoms with van der Waals surface area (Å²) >= 11 is 0. The van der Waals surface area contributed by atoms with Gasteiger partial charge in [0.25, 0.3) is 0 Å². The molecule has 0 radical (unpaired) electrons. The van der Waals surface area contributed by atoms with E-state index in [0.29, 0.717) is 0 Å². The van der Waals surface area contributed by atoms with E-state index in [-0.39, 0.29) is 0 Å². The maximum atomic E-state index is 5.74. The Hall–Kier alpha value is -1.13. The molecule has 0 unspecified atom stereocenters. The number of hydrogen-bond acceptors (Lipinski definition) is 4. The van der Waals surface area contributed by atoms with Crippen molar-refractivity contribution in [2.75, 3.05) is 32.8 Å². The zero-order valence-electron chi connectivity index (χ0n) is 12.1. The molecule has 19 heavy (non-hydrogen) atoms. The van der Waals surface area contributed by atoms with Gasteiger partial charge in [-0.2, -0.15) is 0 Å². The lowest BCUT2D eigenvalue weighted by molar-refractivity contribution is 0.231. The van der Waals surface area contributed by atoms with Crippen molar-refractivity contribution >= 4 is 0 Å². The number of pyridine rings is 1. The summed E-state index contributed by atoms with van der Waals surface area (Å²) in [6.07, 6.45) is 2.66. The molecule has 1 saturated heterocycles. The van der Waals surface area contributed by atoms with Crippen molar-refractivity contribution in [1.82, 2.24) is 15.2 Å². The number of nitrogens with zero attached hydrogens (tertiary/aromatic N) is 2. The van der Waals surface area contributed by atoms with Gasteiger partial charge in [-0.1, -0.05) is 13.0 Å². The van der Waals surface area contributed by atoms with Gasteiger partial charge in [0.05, 0.1) is 0 Å². The van der Waals surface area contributed by atoms with E-state index in [1.807, 2.05) is 13.0 Å². The molecule has 0 bridgehead atoms. The summed E-state index contributed by atoms with van der Waals surface area (Å²) in [7, 11) is 0. The van der Waals surface area contributed by atoms with E-state index in [9.17, 15) is 0 Å². The van der Waals surface area contributed by atoms with Crippen molar-refractivity contribution < 1.29 is 4.74 Å². The summed E-state index contributed by atoms with van der Waals surface area (Å²) in [5.41, 5.74) is 2.30. The van der Waals surface area contributed by atoms with Crippen molar-refractivity contribution in [2.45, 2.75) is 33.2 Å². The lowest BCUT2D eigenvalue weighted by Crippen LogP contribution is -2.25. The van der Waals surface area contributed by atoms with Gasteiger partial charge in [0, 0.05) is 24.8 Å². The molecule has 1 aliphatic heterocycles. The second-order valence-corrected chi connectivity index (χ2v) is 5.07. The molecule has 2 heterocycles. The van der Waals surface area contributed by atoms with Crippen LogP contribution >= 0.6 is 0 Å². The Kier molecular flexibility index (Phi) is 5.61. The van der Waals surface area contributed by atoms with Crippen molar-refractivity contribution in [3.05, 3.63) is 23.4 Å². The fourth-order valence-corrected chi connectivity index (χ4v) is 2.38. The van der Waals surface area contributed by atoms with E-state index in [4.69, 9.17) is 4.74 Å². The maximum absolute atomic E-state index is 5.74. The maximum Gasteiger partial charge on any atom is 0.213 e. The van der Waals surface area contributed by atoms with Crippen LogP contribution < -0.4 is 10.1 Å². The molecule has 1 aromatic heterocycles. The summed E-state index contributed by atoms with van der Waals surface area (Å²) < 4.78 is 5.74. The van der Waals surface area contributed by atoms with Gasteiger partial charge < -0.3 is 10.1 Å². The number of likely N-dealkylation sites (tertiary alicyclic amines) is 1. The standard InChI is InChI=1S/C15H25N3O/c1-3-16-12-14-6-7-15(17-13(14)2)19-11-10-18-8-4-5-9-18/h6-7,16H,3-5,8-12H2,1-2H3. The topological polar surface area (TPSA) is 37.4 Å². The fourth-order valence-electron chi connectivity index (χ4n) is 2.38. The van der Waals surface area contributed by atoms with Crippen LogP contribution in [0.1, 0.15) is 31.0 Å². The van der Waals surface area contributed by atoms with Crippen LogP contribution in [0.4, 0.5) is 0 Å². The first-order valence-corrected chi connectivity index (χ1v) is 7.32. The summed E-state index contributed by atoms with van der Waals surface area (Å²) in [5, 5.41) is 3.32. The first kappa shape index (κ1) is 14.3. The van der Waals surface area contributed by atoms with Gasteiger partial charge in [0.1, 0.15) is 6.61 Å². The number of hydrogen-bond donors (Lipinski definition) is 1. The summed E-state index contributed by atoms with van der Waals surface area (Å²) in [5.74, 6) is 0.747. The third-order valence-electron chi connectivity index (χ3n) is 3.59. The van der Waals surface area contributed by atoms with Crippen LogP contribution in [0.2, 0.25) is 0 Å². The van der Waals surface area contributed by atoms with E-state index < -0.39 is 0 Å². The number of aryl methyl sites for hydroxylation is 1. The van der Waals surface area contributed by atoms with Gasteiger partial charge in [-0.05, 0) is 45.0 Å². The smallest absolute Gasteiger partial charge is 0.213 e. The second-order valence-electron chi connectivity index (χ2n) is 5.07. The van der Waals surface area contributed by atoms with Gasteiger partial charge in [-0.3, -0.25) is 4.90 Å². The number of nitrogens with one attached hydrogen (secondary N) is 1. The highest BCUT2D eigenvalue weighted by Gasteiger charge is 2.11. The van der Waals surface area contributed by atoms with Crippen LogP contribution in [0.5, 0.6) is 5.88 Å². The Bertz CT molecular complexity index is 389. The monoisotopic (exact) mass is 263 g/mol. The Morgan fingerprint density at radius 2 is 2.11 bits per heavy atom. The molecule has 1 aromatic rings. The lowest BCUT2D eigenvalue weighted by atomic mass is 10.2. The Labute approximate surface area is 116 Å². The molecular weight excluding hydrogens is 238 g/mol. The molecule has 4 heteroatoms. The molecule has 0 atom stereocenters. The molecule has 0 spiro atoms. The highest BCUT2D eigenvalue weighted by atomic mass is 16.5. The number of ether oxygens (including phenoxy) is 1. The zero-order chi connectivity index (χ0) is 13.5. The number of aromatic nitrogens is 1. The molecular formula is C15H25N3O. The Balaban J connectivity index is 1.78. The van der Waals surface area contributed by atoms with E-state index in [0.717, 1.165) is 37.8 Å². The largest absolute Gasteiger partial charge is 0.476 e. The molecule has 2 rings (SSSR count). The van der Waals surface area contributed by atoms with Crippen LogP contribution in [0.15, 0.2) is 12.1 Å². The van der Waals surface area contributed by atoms with Crippen LogP contribution in [-0.4, -0.2) is 42.7 Å². The lowest BCUT2D eigenvalue weighted by Gasteiger charge is -2.15. The highest BCUT2D eigenvalue weighted by molar-refractivity contribution is 5.24. The molecule has 0 saturated carbocycles. The number of rotatable bonds is 7. The molecule has 0 amide bonds. The van der Waals surface area contributed by atoms with Crippen LogP contribution in [0.25, 0.3) is 0 Å². The Morgan fingerprint density at radius 3 is 2.79 bits per heavy atom. The molecule has 0 aromatic carbocycles. The quantitative estimate of drug-likeness (QED) is 0.816. The van der Waals surface area contributed by atoms with E-state index >= 15 is 0 Å². The molecule has 0 aliphatic carbocycles. The van der Waals surface area contributed by atoms with Gasteiger partial charge >= 0.3 is 0 Å². The molecule has 1 aliphatic rings. The minimum Gasteiger partial charge on any atom is -0.476 e. The van der Waals surface area contributed by atoms with Crippen LogP contribution in [0.3, 0.4) is 0 Å². The summed E-state index contributed by atoms with van der Waals surface area (Å²) in [6, 6.07) is 4.08. The predicted molar refractivity (Wildman–Crippen MR) is 77.5 cm³/mol. The first-order valence-electron chi connectivity index (χ1n) is 7.32. The zero-order valence-corrected chi connectivity index (χ0v) is 12.1. The van der Waals surface area contributed by atoms with E-state index in [1.165, 1.54) is 31.5 Å². The average Bonchev–Trinajstić information content (AvgIpc) is 2.91. The van der Waals surface area contributed by atoms with E-state index in [2.05, 4.69) is 28.2 Å². The SMILES string of the molecule is CCNCc1ccc(OCCN2CCCC2)nc1C. The molecule has 106 valence electrons. The minimum atomic E-state index is 0.735. The fraction of sp³-hybridized carbons (Fsp3) is 0.667. The third kappa shape index (κ3) is 4.48. The first-order chi connectivity index (χ1) is 9.29. The molecule has 1 N–H and O–H groups in total. The Morgan fingerprint density at radius 1 is 1.32 bits per heavy atom. The second kappa shape index (κ2) is 7.46. The van der Waals surface area contributed by atoms with Crippen LogP contribution in [0, 0.1) is 6.92 Å². The normalized spacial score (nSPS) is 15.9. The highest BCUT2D eigenvalue weighted by Crippen LogP contribution is 2.13. The van der Waals surface area contributed by atoms with Gasteiger partial charge in [-0.15, -0.1) is 0 Å². The van der Waals surface area contributed by atoms with Crippen molar-refractivity contribution in [3.63, 3.8) is 0 Å². The van der Waals surface area contributed by atoms with Crippen molar-refractivity contribution in [2.24, 2.45) is 0 Å². The van der Waals surface area contributed by atoms with Gasteiger partial charge in [0.15, 0.2) is 0 Å². The van der Waals surface area contributed by atoms with Gasteiger partial charge in [0.2, 0.25) is 5.88 Å². The van der Waals surface area contributed by atoms with Crippen molar-refractivity contribution in [3.8, 4) is 5.88 Å². The van der Waals surface area contributed by atoms with Gasteiger partial charge in [-0.25, -0.2) is 4.98 Å². The van der Waals surface area contributed by atoms with Crippen LogP contribution in [-0.2, 0) is 6.54 Å². The van der Waals surface area contributed by atoms with E-state index in [1.54, 1.807) is 0 Å². The molecule has 4 nitrogen and oxygen atoms in total. The molecule has 1 fully saturated rings.